The molecule has 0 aromatic heterocycles. The number of carboxylic acids is 1. The number of para-hydroxylation sites is 1. The quantitative estimate of drug-likeness (QED) is 0.550. The summed E-state index contributed by atoms with van der Waals surface area (Å²) in [5.74, 6) is -2.02. The van der Waals surface area contributed by atoms with Crippen molar-refractivity contribution < 1.29 is 19.5 Å². The zero-order valence-corrected chi connectivity index (χ0v) is 10.8. The number of benzene rings is 1. The summed E-state index contributed by atoms with van der Waals surface area (Å²) in [4.78, 5) is 33.2. The first-order valence-electron chi connectivity index (χ1n) is 6.04. The van der Waals surface area contributed by atoms with E-state index in [2.05, 4.69) is 5.32 Å². The Morgan fingerprint density at radius 1 is 1.25 bits per heavy atom. The SMILES string of the molecule is NC(=O)Cc1ccccc1NC(=O)C(N)CCC(=O)O. The van der Waals surface area contributed by atoms with Gasteiger partial charge in [-0.05, 0) is 18.1 Å². The molecule has 0 fully saturated rings. The number of carbonyl (C=O) groups is 3. The lowest BCUT2D eigenvalue weighted by Gasteiger charge is -2.13. The first-order chi connectivity index (χ1) is 9.40. The van der Waals surface area contributed by atoms with E-state index in [1.54, 1.807) is 24.3 Å². The Kier molecular flexibility index (Phi) is 5.67. The van der Waals surface area contributed by atoms with Crippen LogP contribution in [0.1, 0.15) is 18.4 Å². The molecule has 0 aliphatic rings. The second kappa shape index (κ2) is 7.25. The zero-order valence-electron chi connectivity index (χ0n) is 10.8. The highest BCUT2D eigenvalue weighted by Crippen LogP contribution is 2.16. The number of anilines is 1. The van der Waals surface area contributed by atoms with Crippen molar-refractivity contribution in [1.29, 1.82) is 0 Å². The van der Waals surface area contributed by atoms with E-state index in [1.807, 2.05) is 0 Å². The molecule has 6 N–H and O–H groups in total. The highest BCUT2D eigenvalue weighted by Gasteiger charge is 2.16. The van der Waals surface area contributed by atoms with E-state index in [-0.39, 0.29) is 19.3 Å². The molecule has 0 spiro atoms. The highest BCUT2D eigenvalue weighted by atomic mass is 16.4. The molecule has 0 saturated heterocycles. The molecule has 108 valence electrons. The van der Waals surface area contributed by atoms with Crippen molar-refractivity contribution in [3.05, 3.63) is 29.8 Å². The lowest BCUT2D eigenvalue weighted by Crippen LogP contribution is -2.36. The van der Waals surface area contributed by atoms with Gasteiger partial charge in [0, 0.05) is 12.1 Å². The van der Waals surface area contributed by atoms with E-state index in [0.29, 0.717) is 11.3 Å². The van der Waals surface area contributed by atoms with Crippen LogP contribution < -0.4 is 16.8 Å². The van der Waals surface area contributed by atoms with Gasteiger partial charge in [0.1, 0.15) is 0 Å². The average Bonchev–Trinajstić information content (AvgIpc) is 2.37. The number of carbonyl (C=O) groups excluding carboxylic acids is 2. The predicted octanol–water partition coefficient (Wildman–Crippen LogP) is -0.155. The van der Waals surface area contributed by atoms with Crippen LogP contribution in [0.5, 0.6) is 0 Å². The summed E-state index contributed by atoms with van der Waals surface area (Å²) < 4.78 is 0. The van der Waals surface area contributed by atoms with Crippen LogP contribution in [0, 0.1) is 0 Å². The Labute approximate surface area is 115 Å². The molecular formula is C13H17N3O4. The number of amides is 2. The van der Waals surface area contributed by atoms with Crippen LogP contribution in [0.2, 0.25) is 0 Å². The van der Waals surface area contributed by atoms with Crippen LogP contribution in [0.3, 0.4) is 0 Å². The minimum absolute atomic E-state index is 0.000811. The van der Waals surface area contributed by atoms with Crippen LogP contribution in [-0.2, 0) is 20.8 Å². The fourth-order valence-corrected chi connectivity index (χ4v) is 1.62. The maximum absolute atomic E-state index is 11.8. The highest BCUT2D eigenvalue weighted by molar-refractivity contribution is 5.96. The van der Waals surface area contributed by atoms with E-state index in [0.717, 1.165) is 0 Å². The van der Waals surface area contributed by atoms with Crippen LogP contribution >= 0.6 is 0 Å². The molecule has 0 radical (unpaired) electrons. The molecule has 0 saturated carbocycles. The molecule has 7 heteroatoms. The zero-order chi connectivity index (χ0) is 15.1. The Bertz CT molecular complexity index is 516. The van der Waals surface area contributed by atoms with Crippen molar-refractivity contribution >= 4 is 23.5 Å². The maximum atomic E-state index is 11.8. The summed E-state index contributed by atoms with van der Waals surface area (Å²) in [6, 6.07) is 5.79. The fourth-order valence-electron chi connectivity index (χ4n) is 1.62. The van der Waals surface area contributed by atoms with Crippen LogP contribution in [0.4, 0.5) is 5.69 Å². The van der Waals surface area contributed by atoms with Crippen LogP contribution in [0.15, 0.2) is 24.3 Å². The van der Waals surface area contributed by atoms with Gasteiger partial charge >= 0.3 is 5.97 Å². The van der Waals surface area contributed by atoms with Gasteiger partial charge in [-0.25, -0.2) is 0 Å². The normalized spacial score (nSPS) is 11.7. The summed E-state index contributed by atoms with van der Waals surface area (Å²) in [6.45, 7) is 0. The third-order valence-corrected chi connectivity index (χ3v) is 2.65. The van der Waals surface area contributed by atoms with Gasteiger partial charge in [0.25, 0.3) is 0 Å². The molecule has 0 aliphatic heterocycles. The second-order valence-corrected chi connectivity index (χ2v) is 4.33. The van der Waals surface area contributed by atoms with E-state index in [9.17, 15) is 14.4 Å². The number of carboxylic acid groups (broad SMARTS) is 1. The van der Waals surface area contributed by atoms with Crippen molar-refractivity contribution in [3.8, 4) is 0 Å². The first kappa shape index (κ1) is 15.6. The molecule has 1 unspecified atom stereocenters. The van der Waals surface area contributed by atoms with Gasteiger partial charge in [-0.15, -0.1) is 0 Å². The van der Waals surface area contributed by atoms with E-state index < -0.39 is 23.8 Å². The summed E-state index contributed by atoms with van der Waals surface area (Å²) in [5.41, 5.74) is 11.7. The van der Waals surface area contributed by atoms with Crippen molar-refractivity contribution in [1.82, 2.24) is 0 Å². The molecular weight excluding hydrogens is 262 g/mol. The Hall–Kier alpha value is -2.41. The third-order valence-electron chi connectivity index (χ3n) is 2.65. The number of primary amides is 1. The molecule has 1 atom stereocenters. The molecule has 0 heterocycles. The monoisotopic (exact) mass is 279 g/mol. The third kappa shape index (κ3) is 5.07. The number of hydrogen-bond acceptors (Lipinski definition) is 4. The molecule has 0 bridgehead atoms. The molecule has 0 aliphatic carbocycles. The van der Waals surface area contributed by atoms with Crippen LogP contribution in [0.25, 0.3) is 0 Å². The second-order valence-electron chi connectivity index (χ2n) is 4.33. The van der Waals surface area contributed by atoms with Gasteiger partial charge in [0.15, 0.2) is 0 Å². The van der Waals surface area contributed by atoms with Gasteiger partial charge in [0.05, 0.1) is 12.5 Å². The fraction of sp³-hybridized carbons (Fsp3) is 0.308. The van der Waals surface area contributed by atoms with Gasteiger partial charge in [-0.2, -0.15) is 0 Å². The van der Waals surface area contributed by atoms with E-state index in [1.165, 1.54) is 0 Å². The lowest BCUT2D eigenvalue weighted by atomic mass is 10.1. The summed E-state index contributed by atoms with van der Waals surface area (Å²) in [5, 5.41) is 11.1. The Morgan fingerprint density at radius 3 is 2.50 bits per heavy atom. The van der Waals surface area contributed by atoms with Gasteiger partial charge < -0.3 is 21.9 Å². The number of hydrogen-bond donors (Lipinski definition) is 4. The van der Waals surface area contributed by atoms with Crippen molar-refractivity contribution in [2.75, 3.05) is 5.32 Å². The minimum Gasteiger partial charge on any atom is -0.481 e. The first-order valence-corrected chi connectivity index (χ1v) is 6.04. The number of nitrogens with one attached hydrogen (secondary N) is 1. The van der Waals surface area contributed by atoms with Crippen LogP contribution in [-0.4, -0.2) is 28.9 Å². The summed E-state index contributed by atoms with van der Waals surface area (Å²) in [7, 11) is 0. The van der Waals surface area contributed by atoms with Gasteiger partial charge in [-0.1, -0.05) is 18.2 Å². The Balaban J connectivity index is 2.70. The van der Waals surface area contributed by atoms with Crippen molar-refractivity contribution in [2.24, 2.45) is 11.5 Å². The lowest BCUT2D eigenvalue weighted by molar-refractivity contribution is -0.137. The standard InChI is InChI=1S/C13H17N3O4/c14-9(5-6-12(18)19)13(20)16-10-4-2-1-3-8(10)7-11(15)17/h1-4,9H,5-7,14H2,(H2,15,17)(H,16,20)(H,18,19). The molecule has 2 amide bonds. The topological polar surface area (TPSA) is 136 Å². The van der Waals surface area contributed by atoms with Crippen molar-refractivity contribution in [2.45, 2.75) is 25.3 Å². The number of aliphatic carboxylic acids is 1. The largest absolute Gasteiger partial charge is 0.481 e. The van der Waals surface area contributed by atoms with Gasteiger partial charge in [-0.3, -0.25) is 14.4 Å². The average molecular weight is 279 g/mol. The summed E-state index contributed by atoms with van der Waals surface area (Å²) in [6.07, 6.45) is -0.141. The molecule has 7 nitrogen and oxygen atoms in total. The van der Waals surface area contributed by atoms with Crippen molar-refractivity contribution in [3.63, 3.8) is 0 Å². The molecule has 20 heavy (non-hydrogen) atoms. The predicted molar refractivity (Wildman–Crippen MR) is 72.8 cm³/mol. The molecule has 1 rings (SSSR count). The molecule has 1 aromatic carbocycles. The minimum atomic E-state index is -1.01. The van der Waals surface area contributed by atoms with E-state index in [4.69, 9.17) is 16.6 Å². The summed E-state index contributed by atoms with van der Waals surface area (Å²) >= 11 is 0. The van der Waals surface area contributed by atoms with Gasteiger partial charge in [0.2, 0.25) is 11.8 Å². The number of nitrogens with two attached hydrogens (primary N) is 2. The maximum Gasteiger partial charge on any atom is 0.303 e. The van der Waals surface area contributed by atoms with E-state index >= 15 is 0 Å². The number of rotatable bonds is 7. The molecule has 1 aromatic rings. The Morgan fingerprint density at radius 2 is 1.90 bits per heavy atom. The smallest absolute Gasteiger partial charge is 0.303 e.